The van der Waals surface area contributed by atoms with Crippen LogP contribution in [0.2, 0.25) is 0 Å². The number of carbonyl (C=O) groups is 1. The molecule has 1 aliphatic rings. The van der Waals surface area contributed by atoms with Gasteiger partial charge in [0.05, 0.1) is 12.2 Å². The Morgan fingerprint density at radius 1 is 1.10 bits per heavy atom. The predicted molar refractivity (Wildman–Crippen MR) is 70.8 cm³/mol. The van der Waals surface area contributed by atoms with Gasteiger partial charge in [-0.25, -0.2) is 4.79 Å². The summed E-state index contributed by atoms with van der Waals surface area (Å²) in [6.07, 6.45) is -6.33. The van der Waals surface area contributed by atoms with Gasteiger partial charge in [-0.15, -0.1) is 0 Å². The summed E-state index contributed by atoms with van der Waals surface area (Å²) in [6, 6.07) is 5.69. The minimum Gasteiger partial charge on any atom is -0.478 e. The molecule has 1 aromatic rings. The molecule has 6 N–H and O–H groups in total. The van der Waals surface area contributed by atoms with Crippen LogP contribution in [0.3, 0.4) is 0 Å². The van der Waals surface area contributed by atoms with Crippen molar-refractivity contribution in [1.29, 1.82) is 0 Å². The minimum absolute atomic E-state index is 0.106. The zero-order valence-corrected chi connectivity index (χ0v) is 11.0. The monoisotopic (exact) mass is 299 g/mol. The molecule has 21 heavy (non-hydrogen) atoms. The highest BCUT2D eigenvalue weighted by Gasteiger charge is 2.43. The molecule has 1 heterocycles. The van der Waals surface area contributed by atoms with Gasteiger partial charge in [0.2, 0.25) is 0 Å². The average Bonchev–Trinajstić information content (AvgIpc) is 2.48. The van der Waals surface area contributed by atoms with Crippen molar-refractivity contribution in [3.63, 3.8) is 0 Å². The van der Waals surface area contributed by atoms with Crippen LogP contribution in [0.5, 0.6) is 0 Å². The second-order valence-corrected chi connectivity index (χ2v) is 4.78. The highest BCUT2D eigenvalue weighted by atomic mass is 16.6. The number of hydrogen-bond donors (Lipinski definition) is 6. The first-order valence-electron chi connectivity index (χ1n) is 6.34. The van der Waals surface area contributed by atoms with Crippen molar-refractivity contribution in [2.45, 2.75) is 30.6 Å². The standard InChI is InChI=1S/C13H17NO7/c15-5-8-9(16)10(17)11(18)12(21-8)14-7-3-1-6(2-4-7)13(19)20/h1-4,8-12,14-18H,5H2,(H,19,20)/t8-,9+,10+,11+,12+/m0/s1. The fourth-order valence-corrected chi connectivity index (χ4v) is 2.09. The number of benzene rings is 1. The van der Waals surface area contributed by atoms with Crippen molar-refractivity contribution in [3.05, 3.63) is 29.8 Å². The van der Waals surface area contributed by atoms with Gasteiger partial charge in [-0.05, 0) is 24.3 Å². The lowest BCUT2D eigenvalue weighted by molar-refractivity contribution is -0.221. The van der Waals surface area contributed by atoms with Crippen LogP contribution in [0, 0.1) is 0 Å². The van der Waals surface area contributed by atoms with E-state index in [1.165, 1.54) is 24.3 Å². The molecule has 5 atom stereocenters. The summed E-state index contributed by atoms with van der Waals surface area (Å²) in [5.74, 6) is -1.06. The van der Waals surface area contributed by atoms with Gasteiger partial charge in [0.25, 0.3) is 0 Å². The minimum atomic E-state index is -1.47. The van der Waals surface area contributed by atoms with Gasteiger partial charge in [0.1, 0.15) is 24.4 Å². The molecule has 1 aromatic carbocycles. The van der Waals surface area contributed by atoms with E-state index in [2.05, 4.69) is 5.32 Å². The van der Waals surface area contributed by atoms with Crippen molar-refractivity contribution in [3.8, 4) is 0 Å². The average molecular weight is 299 g/mol. The first-order chi connectivity index (χ1) is 9.93. The van der Waals surface area contributed by atoms with E-state index in [1.54, 1.807) is 0 Å². The molecule has 0 unspecified atom stereocenters. The smallest absolute Gasteiger partial charge is 0.335 e. The van der Waals surface area contributed by atoms with E-state index in [0.29, 0.717) is 5.69 Å². The number of carboxylic acid groups (broad SMARTS) is 1. The molecule has 8 heteroatoms. The lowest BCUT2D eigenvalue weighted by atomic mass is 9.98. The number of anilines is 1. The molecule has 2 rings (SSSR count). The number of aliphatic hydroxyl groups excluding tert-OH is 4. The van der Waals surface area contributed by atoms with E-state index in [4.69, 9.17) is 14.9 Å². The summed E-state index contributed by atoms with van der Waals surface area (Å²) in [7, 11) is 0. The molecular weight excluding hydrogens is 282 g/mol. The first-order valence-corrected chi connectivity index (χ1v) is 6.34. The number of aromatic carboxylic acids is 1. The number of hydrogen-bond acceptors (Lipinski definition) is 7. The molecule has 0 aromatic heterocycles. The van der Waals surface area contributed by atoms with Crippen molar-refractivity contribution in [2.75, 3.05) is 11.9 Å². The fraction of sp³-hybridized carbons (Fsp3) is 0.462. The predicted octanol–water partition coefficient (Wildman–Crippen LogP) is -1.40. The van der Waals surface area contributed by atoms with E-state index in [1.807, 2.05) is 0 Å². The topological polar surface area (TPSA) is 139 Å². The molecule has 0 aliphatic carbocycles. The molecule has 1 fully saturated rings. The maximum absolute atomic E-state index is 10.7. The molecule has 1 saturated heterocycles. The summed E-state index contributed by atoms with van der Waals surface area (Å²) in [5, 5.41) is 49.8. The zero-order chi connectivity index (χ0) is 15.6. The summed E-state index contributed by atoms with van der Waals surface area (Å²) in [6.45, 7) is -0.513. The van der Waals surface area contributed by atoms with E-state index in [0.717, 1.165) is 0 Å². The second-order valence-electron chi connectivity index (χ2n) is 4.78. The maximum Gasteiger partial charge on any atom is 0.335 e. The Kier molecular flexibility index (Phi) is 4.76. The zero-order valence-electron chi connectivity index (χ0n) is 11.0. The van der Waals surface area contributed by atoms with Crippen molar-refractivity contribution in [2.24, 2.45) is 0 Å². The molecule has 0 spiro atoms. The lowest BCUT2D eigenvalue weighted by Crippen LogP contribution is -2.60. The van der Waals surface area contributed by atoms with E-state index in [9.17, 15) is 20.1 Å². The van der Waals surface area contributed by atoms with Crippen LogP contribution in [0.1, 0.15) is 10.4 Å². The van der Waals surface area contributed by atoms with Crippen LogP contribution in [0.4, 0.5) is 5.69 Å². The highest BCUT2D eigenvalue weighted by Crippen LogP contribution is 2.23. The second kappa shape index (κ2) is 6.37. The third kappa shape index (κ3) is 3.31. The molecule has 0 amide bonds. The summed E-state index contributed by atoms with van der Waals surface area (Å²) >= 11 is 0. The lowest BCUT2D eigenvalue weighted by Gasteiger charge is -2.40. The molecule has 0 radical (unpaired) electrons. The van der Waals surface area contributed by atoms with E-state index in [-0.39, 0.29) is 5.56 Å². The normalized spacial score (nSPS) is 32.7. The Labute approximate surface area is 120 Å². The first kappa shape index (κ1) is 15.7. The molecular formula is C13H17NO7. The van der Waals surface area contributed by atoms with Gasteiger partial charge in [-0.3, -0.25) is 0 Å². The van der Waals surface area contributed by atoms with Gasteiger partial charge >= 0.3 is 5.97 Å². The Morgan fingerprint density at radius 3 is 2.24 bits per heavy atom. The number of rotatable bonds is 4. The number of carboxylic acids is 1. The summed E-state index contributed by atoms with van der Waals surface area (Å²) in [5.41, 5.74) is 0.568. The summed E-state index contributed by atoms with van der Waals surface area (Å²) in [4.78, 5) is 10.7. The fourth-order valence-electron chi connectivity index (χ4n) is 2.09. The quantitative estimate of drug-likeness (QED) is 0.399. The van der Waals surface area contributed by atoms with E-state index >= 15 is 0 Å². The maximum atomic E-state index is 10.7. The molecule has 116 valence electrons. The van der Waals surface area contributed by atoms with Crippen molar-refractivity contribution < 1.29 is 35.1 Å². The Hall–Kier alpha value is -1.71. The number of ether oxygens (including phenoxy) is 1. The Balaban J connectivity index is 2.08. The van der Waals surface area contributed by atoms with Crippen LogP contribution in [-0.2, 0) is 4.74 Å². The van der Waals surface area contributed by atoms with E-state index < -0.39 is 43.2 Å². The van der Waals surface area contributed by atoms with Crippen LogP contribution < -0.4 is 5.32 Å². The summed E-state index contributed by atoms with van der Waals surface area (Å²) < 4.78 is 5.27. The third-order valence-corrected chi connectivity index (χ3v) is 3.33. The molecule has 1 aliphatic heterocycles. The van der Waals surface area contributed by atoms with Gasteiger partial charge in [0, 0.05) is 5.69 Å². The SMILES string of the molecule is O=C(O)c1ccc(N[C@@H]2O[C@@H](CO)[C@@H](O)[C@@H](O)[C@H]2O)cc1. The van der Waals surface area contributed by atoms with Crippen LogP contribution >= 0.6 is 0 Å². The van der Waals surface area contributed by atoms with Crippen molar-refractivity contribution >= 4 is 11.7 Å². The molecule has 8 nitrogen and oxygen atoms in total. The number of nitrogens with one attached hydrogen (secondary N) is 1. The molecule has 0 saturated carbocycles. The third-order valence-electron chi connectivity index (χ3n) is 3.33. The van der Waals surface area contributed by atoms with Crippen LogP contribution in [-0.4, -0.2) is 68.8 Å². The van der Waals surface area contributed by atoms with Gasteiger partial charge in [0.15, 0.2) is 6.23 Å². The highest BCUT2D eigenvalue weighted by molar-refractivity contribution is 5.87. The van der Waals surface area contributed by atoms with Crippen LogP contribution in [0.15, 0.2) is 24.3 Å². The van der Waals surface area contributed by atoms with Gasteiger partial charge in [-0.1, -0.05) is 0 Å². The van der Waals surface area contributed by atoms with Gasteiger partial charge in [-0.2, -0.15) is 0 Å². The Morgan fingerprint density at radius 2 is 1.71 bits per heavy atom. The van der Waals surface area contributed by atoms with Crippen molar-refractivity contribution in [1.82, 2.24) is 0 Å². The Bertz CT molecular complexity index is 490. The van der Waals surface area contributed by atoms with Gasteiger partial charge < -0.3 is 35.6 Å². The van der Waals surface area contributed by atoms with Crippen LogP contribution in [0.25, 0.3) is 0 Å². The molecule has 0 bridgehead atoms. The number of aliphatic hydroxyl groups is 4. The largest absolute Gasteiger partial charge is 0.478 e.